The van der Waals surface area contributed by atoms with E-state index in [1.807, 2.05) is 0 Å². The number of nitrogens with zero attached hydrogens (tertiary/aromatic N) is 5. The summed E-state index contributed by atoms with van der Waals surface area (Å²) < 4.78 is 2.13. The van der Waals surface area contributed by atoms with Crippen LogP contribution in [0.3, 0.4) is 0 Å². The number of hydrogen-bond acceptors (Lipinski definition) is 4. The lowest BCUT2D eigenvalue weighted by Crippen LogP contribution is -2.48. The van der Waals surface area contributed by atoms with Gasteiger partial charge in [0.15, 0.2) is 5.65 Å². The summed E-state index contributed by atoms with van der Waals surface area (Å²) in [5.41, 5.74) is 11.2. The zero-order valence-electron chi connectivity index (χ0n) is 20.5. The largest absolute Gasteiger partial charge is 0.368 e. The minimum absolute atomic E-state index is 0.976. The lowest BCUT2D eigenvalue weighted by molar-refractivity contribution is 0.614. The number of aryl methyl sites for hydroxylation is 4. The van der Waals surface area contributed by atoms with Crippen molar-refractivity contribution in [2.24, 2.45) is 0 Å². The van der Waals surface area contributed by atoms with Crippen LogP contribution in [0.15, 0.2) is 48.5 Å². The quantitative estimate of drug-likeness (QED) is 0.411. The summed E-state index contributed by atoms with van der Waals surface area (Å²) in [5, 5.41) is 5.11. The highest BCUT2D eigenvalue weighted by Crippen LogP contribution is 2.33. The van der Waals surface area contributed by atoms with Gasteiger partial charge in [0.1, 0.15) is 5.82 Å². The van der Waals surface area contributed by atoms with Gasteiger partial charge in [-0.3, -0.25) is 0 Å². The molecule has 2 aromatic carbocycles. The van der Waals surface area contributed by atoms with E-state index in [4.69, 9.17) is 10.1 Å². The van der Waals surface area contributed by atoms with Crippen LogP contribution < -0.4 is 9.80 Å². The molecule has 0 amide bonds. The first-order valence-electron chi connectivity index (χ1n) is 12.6. The summed E-state index contributed by atoms with van der Waals surface area (Å²) >= 11 is 0. The second kappa shape index (κ2) is 8.46. The third-order valence-electron chi connectivity index (χ3n) is 7.45. The van der Waals surface area contributed by atoms with Gasteiger partial charge in [-0.1, -0.05) is 35.9 Å². The van der Waals surface area contributed by atoms with Crippen molar-refractivity contribution in [2.75, 3.05) is 36.0 Å². The minimum atomic E-state index is 0.976. The smallest absolute Gasteiger partial charge is 0.158 e. The van der Waals surface area contributed by atoms with Gasteiger partial charge in [-0.2, -0.15) is 9.61 Å². The van der Waals surface area contributed by atoms with Gasteiger partial charge in [-0.15, -0.1) is 0 Å². The van der Waals surface area contributed by atoms with Crippen LogP contribution in [0.4, 0.5) is 11.5 Å². The van der Waals surface area contributed by atoms with Crippen molar-refractivity contribution in [2.45, 2.75) is 46.5 Å². The molecule has 0 radical (unpaired) electrons. The molecule has 2 aromatic heterocycles. The maximum absolute atomic E-state index is 5.11. The zero-order valence-corrected chi connectivity index (χ0v) is 20.5. The van der Waals surface area contributed by atoms with Gasteiger partial charge in [-0.25, -0.2) is 4.98 Å². The van der Waals surface area contributed by atoms with E-state index in [0.29, 0.717) is 0 Å². The second-order valence-electron chi connectivity index (χ2n) is 10.0. The molecule has 6 rings (SSSR count). The van der Waals surface area contributed by atoms with Crippen molar-refractivity contribution in [3.63, 3.8) is 0 Å². The molecule has 0 saturated carbocycles. The van der Waals surface area contributed by atoms with Gasteiger partial charge in [0.25, 0.3) is 0 Å². The number of aromatic nitrogens is 3. The van der Waals surface area contributed by atoms with E-state index in [1.165, 1.54) is 52.3 Å². The van der Waals surface area contributed by atoms with E-state index >= 15 is 0 Å². The highest BCUT2D eigenvalue weighted by atomic mass is 15.4. The van der Waals surface area contributed by atoms with Gasteiger partial charge in [0.2, 0.25) is 0 Å². The summed E-state index contributed by atoms with van der Waals surface area (Å²) in [4.78, 5) is 10.2. The number of hydrogen-bond donors (Lipinski definition) is 0. The Labute approximate surface area is 202 Å². The van der Waals surface area contributed by atoms with Gasteiger partial charge in [0.05, 0.1) is 5.69 Å². The van der Waals surface area contributed by atoms with Crippen LogP contribution >= 0.6 is 0 Å². The lowest BCUT2D eigenvalue weighted by Gasteiger charge is -2.39. The first-order valence-corrected chi connectivity index (χ1v) is 12.6. The molecule has 34 heavy (non-hydrogen) atoms. The predicted molar refractivity (Wildman–Crippen MR) is 140 cm³/mol. The first-order chi connectivity index (χ1) is 16.6. The molecule has 1 aliphatic heterocycles. The number of benzene rings is 2. The van der Waals surface area contributed by atoms with Crippen molar-refractivity contribution in [3.8, 4) is 11.3 Å². The molecule has 1 saturated heterocycles. The van der Waals surface area contributed by atoms with Crippen molar-refractivity contribution in [1.29, 1.82) is 0 Å². The standard InChI is InChI=1S/C29H33N5/c1-20-7-6-8-23(17-20)26-19-28-30-25-10-5-4-9-24(25)29(34(28)31-26)33-15-13-32(14-16-33)27-18-21(2)11-12-22(27)3/h6-8,11-12,17-19H,4-5,9-10,13-16H2,1-3H3. The van der Waals surface area contributed by atoms with E-state index in [0.717, 1.165) is 55.9 Å². The topological polar surface area (TPSA) is 36.7 Å². The van der Waals surface area contributed by atoms with Crippen LogP contribution in [-0.2, 0) is 12.8 Å². The zero-order chi connectivity index (χ0) is 23.2. The molecule has 0 bridgehead atoms. The maximum Gasteiger partial charge on any atom is 0.158 e. The third-order valence-corrected chi connectivity index (χ3v) is 7.45. The predicted octanol–water partition coefficient (Wildman–Crippen LogP) is 5.53. The van der Waals surface area contributed by atoms with Crippen LogP contribution in [0.2, 0.25) is 0 Å². The Kier molecular flexibility index (Phi) is 5.28. The fourth-order valence-corrected chi connectivity index (χ4v) is 5.62. The van der Waals surface area contributed by atoms with E-state index in [2.05, 4.69) is 83.6 Å². The Morgan fingerprint density at radius 1 is 0.765 bits per heavy atom. The SMILES string of the molecule is Cc1cccc(-c2cc3nc4c(c(N5CCN(c6cc(C)ccc6C)CC5)n3n2)CCCC4)c1. The maximum atomic E-state index is 5.11. The normalized spacial score (nSPS) is 16.2. The number of rotatable bonds is 3. The molecule has 5 heteroatoms. The summed E-state index contributed by atoms with van der Waals surface area (Å²) in [6, 6.07) is 17.6. The fraction of sp³-hybridized carbons (Fsp3) is 0.379. The van der Waals surface area contributed by atoms with Gasteiger partial charge >= 0.3 is 0 Å². The summed E-state index contributed by atoms with van der Waals surface area (Å²) in [6.07, 6.45) is 4.65. The molecule has 0 spiro atoms. The van der Waals surface area contributed by atoms with Crippen LogP contribution in [0.1, 0.15) is 40.8 Å². The molecule has 174 valence electrons. The van der Waals surface area contributed by atoms with Crippen LogP contribution in [0, 0.1) is 20.8 Å². The molecule has 0 N–H and O–H groups in total. The fourth-order valence-electron chi connectivity index (χ4n) is 5.62. The summed E-state index contributed by atoms with van der Waals surface area (Å²) in [5.74, 6) is 1.28. The van der Waals surface area contributed by atoms with E-state index in [1.54, 1.807) is 0 Å². The molecule has 4 aromatic rings. The van der Waals surface area contributed by atoms with Gasteiger partial charge in [0, 0.05) is 54.8 Å². The molecule has 0 unspecified atom stereocenters. The van der Waals surface area contributed by atoms with Crippen LogP contribution in [0.5, 0.6) is 0 Å². The number of piperazine rings is 1. The average Bonchev–Trinajstić information content (AvgIpc) is 3.28. The van der Waals surface area contributed by atoms with Crippen molar-refractivity contribution in [3.05, 3.63) is 76.5 Å². The second-order valence-corrected chi connectivity index (χ2v) is 10.0. The first kappa shape index (κ1) is 21.2. The molecular formula is C29H33N5. The van der Waals surface area contributed by atoms with E-state index < -0.39 is 0 Å². The molecule has 3 heterocycles. The Balaban J connectivity index is 1.38. The molecule has 5 nitrogen and oxygen atoms in total. The molecule has 1 aliphatic carbocycles. The monoisotopic (exact) mass is 451 g/mol. The molecular weight excluding hydrogens is 418 g/mol. The lowest BCUT2D eigenvalue weighted by atomic mass is 9.96. The Morgan fingerprint density at radius 3 is 2.35 bits per heavy atom. The van der Waals surface area contributed by atoms with Gasteiger partial charge in [-0.05, 0) is 69.7 Å². The minimum Gasteiger partial charge on any atom is -0.368 e. The van der Waals surface area contributed by atoms with Crippen molar-refractivity contribution >= 4 is 17.2 Å². The number of anilines is 2. The Morgan fingerprint density at radius 2 is 1.53 bits per heavy atom. The average molecular weight is 452 g/mol. The van der Waals surface area contributed by atoms with E-state index in [-0.39, 0.29) is 0 Å². The van der Waals surface area contributed by atoms with Crippen LogP contribution in [0.25, 0.3) is 16.9 Å². The van der Waals surface area contributed by atoms with E-state index in [9.17, 15) is 0 Å². The van der Waals surface area contributed by atoms with Crippen molar-refractivity contribution in [1.82, 2.24) is 14.6 Å². The highest BCUT2D eigenvalue weighted by molar-refractivity contribution is 5.68. The number of fused-ring (bicyclic) bond motifs is 2. The van der Waals surface area contributed by atoms with Crippen LogP contribution in [-0.4, -0.2) is 40.8 Å². The summed E-state index contributed by atoms with van der Waals surface area (Å²) in [6.45, 7) is 10.6. The molecule has 1 fully saturated rings. The molecule has 0 atom stereocenters. The summed E-state index contributed by atoms with van der Waals surface area (Å²) in [7, 11) is 0. The third kappa shape index (κ3) is 3.73. The van der Waals surface area contributed by atoms with Crippen molar-refractivity contribution < 1.29 is 0 Å². The molecule has 2 aliphatic rings. The Hall–Kier alpha value is -3.34. The Bertz CT molecular complexity index is 1360. The van der Waals surface area contributed by atoms with Gasteiger partial charge < -0.3 is 9.80 Å². The highest BCUT2D eigenvalue weighted by Gasteiger charge is 2.27.